The molecule has 1 aromatic carbocycles. The van der Waals surface area contributed by atoms with Crippen molar-refractivity contribution in [2.75, 3.05) is 13.1 Å². The minimum atomic E-state index is -3.78. The zero-order valence-corrected chi connectivity index (χ0v) is 20.5. The highest BCUT2D eigenvalue weighted by molar-refractivity contribution is 7.88. The number of likely N-dealkylation sites (tertiary alicyclic amines) is 1. The van der Waals surface area contributed by atoms with Gasteiger partial charge in [0.15, 0.2) is 0 Å². The molecule has 4 rings (SSSR count). The Morgan fingerprint density at radius 2 is 1.97 bits per heavy atom. The molecule has 2 aliphatic heterocycles. The van der Waals surface area contributed by atoms with Crippen molar-refractivity contribution in [2.45, 2.75) is 32.2 Å². The van der Waals surface area contributed by atoms with Crippen LogP contribution >= 0.6 is 0 Å². The van der Waals surface area contributed by atoms with Crippen molar-refractivity contribution in [1.29, 1.82) is 5.26 Å². The second kappa shape index (κ2) is 9.03. The summed E-state index contributed by atoms with van der Waals surface area (Å²) in [6.07, 6.45) is 2.08. The van der Waals surface area contributed by atoms with Gasteiger partial charge in [0.05, 0.1) is 23.2 Å². The van der Waals surface area contributed by atoms with Crippen LogP contribution in [0.3, 0.4) is 0 Å². The molecule has 182 valence electrons. The van der Waals surface area contributed by atoms with Crippen LogP contribution in [0.25, 0.3) is 0 Å². The van der Waals surface area contributed by atoms with Crippen LogP contribution in [0.2, 0.25) is 0 Å². The summed E-state index contributed by atoms with van der Waals surface area (Å²) >= 11 is 0. The molecule has 3 heterocycles. The number of nitrogens with one attached hydrogen (secondary N) is 2. The van der Waals surface area contributed by atoms with Gasteiger partial charge in [0.1, 0.15) is 11.8 Å². The molecule has 2 N–H and O–H groups in total. The molecule has 35 heavy (non-hydrogen) atoms. The lowest BCUT2D eigenvalue weighted by atomic mass is 9.88. The maximum atomic E-state index is 13.2. The van der Waals surface area contributed by atoms with E-state index >= 15 is 0 Å². The number of benzene rings is 1. The molecule has 2 aromatic rings. The molecule has 1 aromatic heterocycles. The van der Waals surface area contributed by atoms with Crippen molar-refractivity contribution < 1.29 is 18.0 Å². The predicted molar refractivity (Wildman–Crippen MR) is 129 cm³/mol. The monoisotopic (exact) mass is 494 g/mol. The first kappa shape index (κ1) is 24.2. The van der Waals surface area contributed by atoms with E-state index in [0.29, 0.717) is 35.5 Å². The molecular formula is C24H26N6O4S. The van der Waals surface area contributed by atoms with E-state index in [1.54, 1.807) is 36.6 Å². The van der Waals surface area contributed by atoms with Gasteiger partial charge in [-0.25, -0.2) is 0 Å². The van der Waals surface area contributed by atoms with Crippen LogP contribution in [-0.2, 0) is 27.6 Å². The molecule has 0 radical (unpaired) electrons. The van der Waals surface area contributed by atoms with Gasteiger partial charge in [0, 0.05) is 37.6 Å². The van der Waals surface area contributed by atoms with E-state index in [1.807, 2.05) is 36.4 Å². The number of carbonyl (C=O) groups is 2. The number of aromatic nitrogens is 1. The Morgan fingerprint density at radius 1 is 1.26 bits per heavy atom. The number of nitriles is 1. The normalized spacial score (nSPS) is 21.2. The third-order valence-corrected chi connectivity index (χ3v) is 7.50. The molecule has 1 fully saturated rings. The quantitative estimate of drug-likeness (QED) is 0.652. The highest BCUT2D eigenvalue weighted by atomic mass is 32.2. The van der Waals surface area contributed by atoms with E-state index in [4.69, 9.17) is 0 Å². The van der Waals surface area contributed by atoms with Crippen LogP contribution in [0.5, 0.6) is 0 Å². The van der Waals surface area contributed by atoms with E-state index in [-0.39, 0.29) is 30.5 Å². The van der Waals surface area contributed by atoms with Gasteiger partial charge in [-0.1, -0.05) is 30.3 Å². The molecule has 11 heteroatoms. The number of nitrogens with zero attached hydrogens (tertiary/aromatic N) is 4. The fraction of sp³-hybridized carbons (Fsp3) is 0.333. The largest absolute Gasteiger partial charge is 0.345 e. The molecule has 0 spiro atoms. The molecule has 0 aliphatic carbocycles. The highest BCUT2D eigenvalue weighted by Gasteiger charge is 2.43. The average Bonchev–Trinajstić information content (AvgIpc) is 3.40. The summed E-state index contributed by atoms with van der Waals surface area (Å²) in [7, 11) is -2.08. The first-order valence-electron chi connectivity index (χ1n) is 11.1. The van der Waals surface area contributed by atoms with Crippen LogP contribution < -0.4 is 10.0 Å². The average molecular weight is 495 g/mol. The number of hydrogen-bond donors (Lipinski definition) is 2. The number of hydrogen-bond acceptors (Lipinski definition) is 5. The van der Waals surface area contributed by atoms with Gasteiger partial charge in [-0.05, 0) is 31.9 Å². The molecule has 0 bridgehead atoms. The minimum absolute atomic E-state index is 0.00809. The lowest BCUT2D eigenvalue weighted by Gasteiger charge is -2.31. The first-order valence-corrected chi connectivity index (χ1v) is 12.5. The number of rotatable bonds is 5. The van der Waals surface area contributed by atoms with E-state index in [9.17, 15) is 23.3 Å². The van der Waals surface area contributed by atoms with Crippen molar-refractivity contribution in [2.24, 2.45) is 11.4 Å². The molecule has 0 saturated carbocycles. The third-order valence-electron chi connectivity index (χ3n) is 6.42. The number of aryl methyl sites for hydroxylation is 1. The summed E-state index contributed by atoms with van der Waals surface area (Å²) in [6.45, 7) is 3.84. The summed E-state index contributed by atoms with van der Waals surface area (Å²) < 4.78 is 31.2. The topological polar surface area (TPSA) is 137 Å². The summed E-state index contributed by atoms with van der Waals surface area (Å²) in [5, 5.41) is 12.3. The Hall–Kier alpha value is -3.91. The van der Waals surface area contributed by atoms with Gasteiger partial charge in [-0.2, -0.15) is 13.7 Å². The van der Waals surface area contributed by atoms with Gasteiger partial charge >= 0.3 is 10.2 Å². The van der Waals surface area contributed by atoms with Crippen LogP contribution in [0.15, 0.2) is 58.3 Å². The van der Waals surface area contributed by atoms with Gasteiger partial charge < -0.3 is 14.8 Å². The maximum absolute atomic E-state index is 13.2. The van der Waals surface area contributed by atoms with Crippen LogP contribution in [0, 0.1) is 11.3 Å². The molecule has 1 atom stereocenters. The molecule has 1 unspecified atom stereocenters. The lowest BCUT2D eigenvalue weighted by Crippen LogP contribution is -2.49. The standard InChI is InChI=1S/C24H26N6O4S/c1-16-20(17(2)28-35(33,34)27-16)12-22(31)30-10-9-24(15-30,19-7-5-4-6-8-19)26-23(32)21-11-18(13-25)14-29(21)3/h4-8,11,14,27H,9-10,12,15H2,1-3H3,(H,26,32). The Kier molecular flexibility index (Phi) is 6.25. The Balaban J connectivity index is 1.58. The fourth-order valence-corrected chi connectivity index (χ4v) is 5.66. The summed E-state index contributed by atoms with van der Waals surface area (Å²) in [6, 6.07) is 13.1. The Morgan fingerprint density at radius 3 is 2.60 bits per heavy atom. The van der Waals surface area contributed by atoms with Gasteiger partial charge in [-0.3, -0.25) is 14.3 Å². The third kappa shape index (κ3) is 4.83. The Bertz CT molecular complexity index is 1400. The SMILES string of the molecule is CC1=NS(=O)(=O)NC(C)=C1CC(=O)N1CCC(NC(=O)c2cc(C#N)cn2C)(c2ccccc2)C1. The fourth-order valence-electron chi connectivity index (χ4n) is 4.63. The summed E-state index contributed by atoms with van der Waals surface area (Å²) in [5.74, 6) is -0.525. The molecular weight excluding hydrogens is 468 g/mol. The van der Waals surface area contributed by atoms with Crippen molar-refractivity contribution in [1.82, 2.24) is 19.5 Å². The van der Waals surface area contributed by atoms with Gasteiger partial charge in [0.25, 0.3) is 5.91 Å². The number of carbonyl (C=O) groups excluding carboxylic acids is 2. The van der Waals surface area contributed by atoms with Crippen molar-refractivity contribution >= 4 is 27.7 Å². The maximum Gasteiger partial charge on any atom is 0.342 e. The summed E-state index contributed by atoms with van der Waals surface area (Å²) in [4.78, 5) is 28.2. The van der Waals surface area contributed by atoms with Crippen molar-refractivity contribution in [3.63, 3.8) is 0 Å². The molecule has 2 amide bonds. The second-order valence-electron chi connectivity index (χ2n) is 8.84. The van der Waals surface area contributed by atoms with E-state index < -0.39 is 15.7 Å². The van der Waals surface area contributed by atoms with Crippen LogP contribution in [-0.4, -0.2) is 48.5 Å². The zero-order chi connectivity index (χ0) is 25.4. The van der Waals surface area contributed by atoms with Crippen LogP contribution in [0.4, 0.5) is 0 Å². The second-order valence-corrected chi connectivity index (χ2v) is 10.2. The zero-order valence-electron chi connectivity index (χ0n) is 19.7. The molecule has 1 saturated heterocycles. The van der Waals surface area contributed by atoms with E-state index in [1.165, 1.54) is 6.07 Å². The molecule has 10 nitrogen and oxygen atoms in total. The first-order chi connectivity index (χ1) is 16.5. The number of allylic oxidation sites excluding steroid dienone is 1. The molecule has 2 aliphatic rings. The van der Waals surface area contributed by atoms with Crippen molar-refractivity contribution in [3.8, 4) is 6.07 Å². The van der Waals surface area contributed by atoms with Gasteiger partial charge in [0.2, 0.25) is 5.91 Å². The summed E-state index contributed by atoms with van der Waals surface area (Å²) in [5.41, 5.74) is 2.00. The lowest BCUT2D eigenvalue weighted by molar-refractivity contribution is -0.129. The Labute approximate surface area is 204 Å². The van der Waals surface area contributed by atoms with Gasteiger partial charge in [-0.15, -0.1) is 4.40 Å². The van der Waals surface area contributed by atoms with E-state index in [0.717, 1.165) is 5.56 Å². The predicted octanol–water partition coefficient (Wildman–Crippen LogP) is 1.73. The van der Waals surface area contributed by atoms with Crippen LogP contribution in [0.1, 0.15) is 48.3 Å². The smallest absolute Gasteiger partial charge is 0.342 e. The highest BCUT2D eigenvalue weighted by Crippen LogP contribution is 2.33. The number of amides is 2. The van der Waals surface area contributed by atoms with Crippen molar-refractivity contribution in [3.05, 3.63) is 70.7 Å². The van der Waals surface area contributed by atoms with E-state index in [2.05, 4.69) is 14.4 Å². The minimum Gasteiger partial charge on any atom is -0.345 e.